The van der Waals surface area contributed by atoms with E-state index < -0.39 is 23.0 Å². The number of aromatic nitrogens is 1. The Morgan fingerprint density at radius 2 is 1.88 bits per heavy atom. The smallest absolute Gasteiger partial charge is 0.328 e. The predicted molar refractivity (Wildman–Crippen MR) is 126 cm³/mol. The first-order valence-corrected chi connectivity index (χ1v) is 11.5. The molecule has 4 nitrogen and oxygen atoms in total. The highest BCUT2D eigenvalue weighted by molar-refractivity contribution is 6.18. The second-order valence-corrected chi connectivity index (χ2v) is 10.3. The van der Waals surface area contributed by atoms with Crippen LogP contribution in [-0.4, -0.2) is 40.4 Å². The minimum atomic E-state index is -1.16. The Kier molecular flexibility index (Phi) is 4.26. The largest absolute Gasteiger partial charge is 0.478 e. The Morgan fingerprint density at radius 1 is 1.21 bits per heavy atom. The van der Waals surface area contributed by atoms with Gasteiger partial charge in [0, 0.05) is 39.8 Å². The van der Waals surface area contributed by atoms with Gasteiger partial charge in [0.2, 0.25) is 0 Å². The molecule has 3 aromatic rings. The lowest BCUT2D eigenvalue weighted by Gasteiger charge is -2.72. The summed E-state index contributed by atoms with van der Waals surface area (Å²) in [7, 11) is 1.95. The molecule has 2 aromatic carbocycles. The van der Waals surface area contributed by atoms with E-state index >= 15 is 8.78 Å². The SMILES string of the molecule is B[C@@]1(c2c(F)cc(/C=C/C(=O)O)cc2F)c2[nH]c3ccccc3c2C[C@@H](C)N1C12CC(C1)C2. The van der Waals surface area contributed by atoms with Crippen molar-refractivity contribution in [2.24, 2.45) is 5.92 Å². The van der Waals surface area contributed by atoms with Gasteiger partial charge in [-0.15, -0.1) is 0 Å². The maximum Gasteiger partial charge on any atom is 0.328 e. The molecule has 3 saturated carbocycles. The van der Waals surface area contributed by atoms with Gasteiger partial charge < -0.3 is 10.1 Å². The number of aromatic amines is 1. The number of hydrogen-bond acceptors (Lipinski definition) is 2. The van der Waals surface area contributed by atoms with Crippen molar-refractivity contribution < 1.29 is 18.7 Å². The topological polar surface area (TPSA) is 56.3 Å². The van der Waals surface area contributed by atoms with Crippen molar-refractivity contribution in [2.45, 2.75) is 49.6 Å². The summed E-state index contributed by atoms with van der Waals surface area (Å²) in [5.41, 5.74) is 2.14. The molecule has 3 aliphatic carbocycles. The van der Waals surface area contributed by atoms with Crippen molar-refractivity contribution in [3.8, 4) is 0 Å². The molecule has 0 spiro atoms. The van der Waals surface area contributed by atoms with Crippen molar-refractivity contribution in [1.82, 2.24) is 9.88 Å². The van der Waals surface area contributed by atoms with Crippen LogP contribution in [0.2, 0.25) is 0 Å². The molecule has 2 bridgehead atoms. The lowest BCUT2D eigenvalue weighted by Crippen LogP contribution is -2.76. The van der Waals surface area contributed by atoms with E-state index in [0.717, 1.165) is 59.8 Å². The molecule has 33 heavy (non-hydrogen) atoms. The number of para-hydroxylation sites is 1. The Morgan fingerprint density at radius 3 is 2.48 bits per heavy atom. The summed E-state index contributed by atoms with van der Waals surface area (Å²) in [6.45, 7) is 2.17. The second kappa shape index (κ2) is 6.79. The number of carbonyl (C=O) groups is 1. The fourth-order valence-corrected chi connectivity index (χ4v) is 7.01. The number of fused-ring (bicyclic) bond motifs is 3. The molecule has 0 unspecified atom stereocenters. The molecule has 7 rings (SSSR count). The molecule has 1 aromatic heterocycles. The molecule has 0 saturated heterocycles. The number of nitrogens with one attached hydrogen (secondary N) is 1. The molecule has 168 valence electrons. The van der Waals surface area contributed by atoms with Crippen molar-refractivity contribution >= 4 is 30.8 Å². The number of halogens is 2. The first kappa shape index (κ1) is 20.7. The molecule has 7 heteroatoms. The van der Waals surface area contributed by atoms with Gasteiger partial charge in [-0.1, -0.05) is 18.2 Å². The van der Waals surface area contributed by atoms with Crippen LogP contribution in [-0.2, 0) is 16.7 Å². The Bertz CT molecular complexity index is 1310. The molecular weight excluding hydrogens is 421 g/mol. The van der Waals surface area contributed by atoms with Gasteiger partial charge in [0.15, 0.2) is 0 Å². The van der Waals surface area contributed by atoms with Gasteiger partial charge in [-0.3, -0.25) is 4.90 Å². The van der Waals surface area contributed by atoms with Crippen molar-refractivity contribution in [3.05, 3.63) is 76.5 Å². The summed E-state index contributed by atoms with van der Waals surface area (Å²) in [4.78, 5) is 16.8. The molecular formula is C26H25BF2N2O2. The fourth-order valence-electron chi connectivity index (χ4n) is 7.01. The van der Waals surface area contributed by atoms with E-state index in [1.54, 1.807) is 0 Å². The maximum absolute atomic E-state index is 15.8. The standard InChI is InChI=1S/C26H25BF2N2O2/c1-14-8-18-17-4-2-3-5-21(17)30-24(18)26(27,31(14)25-11-16(12-25)13-25)23-19(28)9-15(10-20(23)29)6-7-22(32)33/h2-7,9-10,14,16,30H,8,11-13,27H2,1H3,(H,32,33)/b7-6+/t14-,16?,25?,26-/m1/s1. The van der Waals surface area contributed by atoms with E-state index in [1.807, 2.05) is 26.0 Å². The summed E-state index contributed by atoms with van der Waals surface area (Å²) in [6.07, 6.45) is 6.16. The summed E-state index contributed by atoms with van der Waals surface area (Å²) in [5.74, 6) is -1.75. The zero-order valence-electron chi connectivity index (χ0n) is 18.7. The number of carboxylic acid groups (broad SMARTS) is 1. The zero-order chi connectivity index (χ0) is 23.1. The van der Waals surface area contributed by atoms with Gasteiger partial charge in [-0.2, -0.15) is 0 Å². The third-order valence-electron chi connectivity index (χ3n) is 8.21. The molecule has 2 N–H and O–H groups in total. The monoisotopic (exact) mass is 446 g/mol. The fraction of sp³-hybridized carbons (Fsp3) is 0.346. The van der Waals surface area contributed by atoms with Crippen molar-refractivity contribution in [2.75, 3.05) is 0 Å². The highest BCUT2D eigenvalue weighted by atomic mass is 19.1. The molecule has 0 amide bonds. The molecule has 0 radical (unpaired) electrons. The van der Waals surface area contributed by atoms with Gasteiger partial charge in [0.25, 0.3) is 0 Å². The number of hydrogen-bond donors (Lipinski definition) is 2. The highest BCUT2D eigenvalue weighted by Gasteiger charge is 2.66. The summed E-state index contributed by atoms with van der Waals surface area (Å²) in [5, 5.41) is 10.00. The van der Waals surface area contributed by atoms with Crippen LogP contribution >= 0.6 is 0 Å². The molecule has 4 aliphatic rings. The number of H-pyrrole nitrogens is 1. The van der Waals surface area contributed by atoms with Crippen LogP contribution in [0.4, 0.5) is 8.78 Å². The number of carboxylic acids is 1. The number of aliphatic carboxylic acids is 1. The Labute approximate surface area is 191 Å². The first-order chi connectivity index (χ1) is 15.7. The van der Waals surface area contributed by atoms with E-state index in [1.165, 1.54) is 18.2 Å². The second-order valence-electron chi connectivity index (χ2n) is 10.3. The van der Waals surface area contributed by atoms with E-state index in [0.29, 0.717) is 0 Å². The lowest BCUT2D eigenvalue weighted by atomic mass is 9.46. The van der Waals surface area contributed by atoms with Crippen LogP contribution in [0.1, 0.15) is 48.6 Å². The Balaban J connectivity index is 1.60. The number of benzene rings is 2. The lowest BCUT2D eigenvalue weighted by molar-refractivity contribution is -0.184. The summed E-state index contributed by atoms with van der Waals surface area (Å²) in [6, 6.07) is 10.6. The van der Waals surface area contributed by atoms with Gasteiger partial charge in [0.1, 0.15) is 19.5 Å². The minimum Gasteiger partial charge on any atom is -0.478 e. The van der Waals surface area contributed by atoms with Crippen LogP contribution in [0.5, 0.6) is 0 Å². The van der Waals surface area contributed by atoms with Gasteiger partial charge in [0.05, 0.1) is 5.44 Å². The van der Waals surface area contributed by atoms with Crippen molar-refractivity contribution in [3.63, 3.8) is 0 Å². The van der Waals surface area contributed by atoms with Gasteiger partial charge in [-0.05, 0) is 73.9 Å². The Hall–Kier alpha value is -2.93. The quantitative estimate of drug-likeness (QED) is 0.467. The van der Waals surface area contributed by atoms with Gasteiger partial charge >= 0.3 is 5.97 Å². The van der Waals surface area contributed by atoms with E-state index in [-0.39, 0.29) is 22.7 Å². The van der Waals surface area contributed by atoms with Gasteiger partial charge in [-0.25, -0.2) is 13.6 Å². The normalized spacial score (nSPS) is 30.8. The van der Waals surface area contributed by atoms with Crippen LogP contribution in [0.3, 0.4) is 0 Å². The van der Waals surface area contributed by atoms with Crippen LogP contribution in [0, 0.1) is 17.6 Å². The molecule has 2 atom stereocenters. The molecule has 3 fully saturated rings. The molecule has 2 heterocycles. The van der Waals surface area contributed by atoms with Crippen molar-refractivity contribution in [1.29, 1.82) is 0 Å². The van der Waals surface area contributed by atoms with Crippen LogP contribution < -0.4 is 0 Å². The van der Waals surface area contributed by atoms with E-state index in [2.05, 4.69) is 22.9 Å². The average molecular weight is 446 g/mol. The third kappa shape index (κ3) is 2.75. The van der Waals surface area contributed by atoms with E-state index in [9.17, 15) is 4.79 Å². The number of rotatable bonds is 4. The van der Waals surface area contributed by atoms with Crippen LogP contribution in [0.15, 0.2) is 42.5 Å². The van der Waals surface area contributed by atoms with E-state index in [4.69, 9.17) is 5.11 Å². The predicted octanol–water partition coefficient (Wildman–Crippen LogP) is 4.18. The number of nitrogens with zero attached hydrogens (tertiary/aromatic N) is 1. The van der Waals surface area contributed by atoms with Crippen LogP contribution in [0.25, 0.3) is 17.0 Å². The summed E-state index contributed by atoms with van der Waals surface area (Å²) < 4.78 is 31.6. The zero-order valence-corrected chi connectivity index (χ0v) is 18.7. The maximum atomic E-state index is 15.8. The first-order valence-electron chi connectivity index (χ1n) is 11.5. The summed E-state index contributed by atoms with van der Waals surface area (Å²) >= 11 is 0. The highest BCUT2D eigenvalue weighted by Crippen LogP contribution is 2.65. The minimum absolute atomic E-state index is 0.0193. The third-order valence-corrected chi connectivity index (χ3v) is 8.21. The molecule has 1 aliphatic heterocycles. The average Bonchev–Trinajstić information content (AvgIpc) is 3.06.